The molecule has 6 nitrogen and oxygen atoms in total. The van der Waals surface area contributed by atoms with Crippen LogP contribution in [0.3, 0.4) is 0 Å². The van der Waals surface area contributed by atoms with E-state index < -0.39 is 28.5 Å². The van der Waals surface area contributed by atoms with Gasteiger partial charge in [0, 0.05) is 23.7 Å². The summed E-state index contributed by atoms with van der Waals surface area (Å²) in [7, 11) is 0. The maximum Gasteiger partial charge on any atom is 0.292 e. The Kier molecular flexibility index (Phi) is 5.54. The highest BCUT2D eigenvalue weighted by atomic mass is 19.1. The number of nitro groups is 1. The van der Waals surface area contributed by atoms with E-state index in [-0.39, 0.29) is 23.5 Å². The smallest absolute Gasteiger partial charge is 0.292 e. The highest BCUT2D eigenvalue weighted by molar-refractivity contribution is 5.94. The molecule has 1 amide bonds. The van der Waals surface area contributed by atoms with Crippen LogP contribution in [0.2, 0.25) is 0 Å². The van der Waals surface area contributed by atoms with Gasteiger partial charge in [0.15, 0.2) is 0 Å². The Morgan fingerprint density at radius 2 is 1.96 bits per heavy atom. The number of anilines is 1. The number of benzene rings is 2. The Morgan fingerprint density at radius 3 is 2.62 bits per heavy atom. The van der Waals surface area contributed by atoms with Gasteiger partial charge in [-0.25, -0.2) is 8.78 Å². The molecule has 2 rings (SSSR count). The number of carbonyl (C=O) groups excluding carboxylic acids is 1. The number of nitro benzene ring substituents is 1. The lowest BCUT2D eigenvalue weighted by Gasteiger charge is -2.15. The molecule has 0 aromatic heterocycles. The van der Waals surface area contributed by atoms with Gasteiger partial charge in [-0.05, 0) is 19.1 Å². The van der Waals surface area contributed by atoms with Crippen LogP contribution in [0.4, 0.5) is 20.2 Å². The molecule has 1 atom stereocenters. The Balaban J connectivity index is 1.97. The summed E-state index contributed by atoms with van der Waals surface area (Å²) in [5.41, 5.74) is 0.0771. The second kappa shape index (κ2) is 7.60. The van der Waals surface area contributed by atoms with Crippen molar-refractivity contribution < 1.29 is 18.5 Å². The number of nitrogens with one attached hydrogen (secondary N) is 2. The van der Waals surface area contributed by atoms with Crippen LogP contribution in [0.5, 0.6) is 0 Å². The van der Waals surface area contributed by atoms with Crippen molar-refractivity contribution in [1.29, 1.82) is 0 Å². The molecule has 126 valence electrons. The topological polar surface area (TPSA) is 84.3 Å². The van der Waals surface area contributed by atoms with Gasteiger partial charge < -0.3 is 10.6 Å². The zero-order chi connectivity index (χ0) is 17.7. The Morgan fingerprint density at radius 1 is 1.25 bits per heavy atom. The van der Waals surface area contributed by atoms with E-state index in [0.717, 1.165) is 12.1 Å². The molecule has 0 saturated heterocycles. The maximum atomic E-state index is 13.7. The zero-order valence-corrected chi connectivity index (χ0v) is 12.8. The van der Waals surface area contributed by atoms with Gasteiger partial charge in [-0.2, -0.15) is 0 Å². The van der Waals surface area contributed by atoms with Crippen LogP contribution >= 0.6 is 0 Å². The first kappa shape index (κ1) is 17.5. The first-order chi connectivity index (χ1) is 11.4. The summed E-state index contributed by atoms with van der Waals surface area (Å²) in [5.74, 6) is -1.91. The van der Waals surface area contributed by atoms with E-state index >= 15 is 0 Å². The van der Waals surface area contributed by atoms with E-state index in [0.29, 0.717) is 0 Å². The number of carbonyl (C=O) groups is 1. The summed E-state index contributed by atoms with van der Waals surface area (Å²) in [4.78, 5) is 22.2. The molecule has 0 heterocycles. The highest BCUT2D eigenvalue weighted by Crippen LogP contribution is 2.23. The number of hydrogen-bond donors (Lipinski definition) is 2. The summed E-state index contributed by atoms with van der Waals surface area (Å²) >= 11 is 0. The van der Waals surface area contributed by atoms with Gasteiger partial charge in [-0.15, -0.1) is 0 Å². The third kappa shape index (κ3) is 4.32. The van der Waals surface area contributed by atoms with Gasteiger partial charge in [0.1, 0.15) is 17.3 Å². The monoisotopic (exact) mass is 335 g/mol. The van der Waals surface area contributed by atoms with Crippen molar-refractivity contribution in [3.05, 3.63) is 69.8 Å². The van der Waals surface area contributed by atoms with Crippen molar-refractivity contribution in [3.63, 3.8) is 0 Å². The standard InChI is InChI=1S/C16H15F2N3O3/c1-10(12-7-6-11(17)8-13(12)18)19-9-16(22)20-14-4-2-3-5-15(14)21(23)24/h2-8,10,19H,9H2,1H3,(H,20,22)/t10-/m0/s1. The molecule has 0 fully saturated rings. The number of halogens is 2. The number of hydrogen-bond acceptors (Lipinski definition) is 4. The van der Waals surface area contributed by atoms with Crippen LogP contribution < -0.4 is 10.6 Å². The van der Waals surface area contributed by atoms with Crippen LogP contribution in [-0.4, -0.2) is 17.4 Å². The second-order valence-corrected chi connectivity index (χ2v) is 5.09. The fourth-order valence-electron chi connectivity index (χ4n) is 2.14. The number of rotatable bonds is 6. The number of nitrogens with zero attached hydrogens (tertiary/aromatic N) is 1. The summed E-state index contributed by atoms with van der Waals surface area (Å²) in [6.45, 7) is 1.43. The summed E-state index contributed by atoms with van der Waals surface area (Å²) in [6, 6.07) is 8.39. The molecule has 0 aliphatic heterocycles. The minimum absolute atomic E-state index is 0.0786. The minimum Gasteiger partial charge on any atom is -0.319 e. The van der Waals surface area contributed by atoms with E-state index in [1.165, 1.54) is 24.3 Å². The predicted octanol–water partition coefficient (Wildman–Crippen LogP) is 3.16. The maximum absolute atomic E-state index is 13.7. The number of para-hydroxylation sites is 2. The largest absolute Gasteiger partial charge is 0.319 e. The lowest BCUT2D eigenvalue weighted by atomic mass is 10.1. The second-order valence-electron chi connectivity index (χ2n) is 5.09. The van der Waals surface area contributed by atoms with E-state index in [1.54, 1.807) is 13.0 Å². The summed E-state index contributed by atoms with van der Waals surface area (Å²) < 4.78 is 26.5. The molecule has 0 aliphatic carbocycles. The highest BCUT2D eigenvalue weighted by Gasteiger charge is 2.16. The van der Waals surface area contributed by atoms with E-state index in [9.17, 15) is 23.7 Å². The molecule has 8 heteroatoms. The van der Waals surface area contributed by atoms with Crippen molar-refractivity contribution in [2.45, 2.75) is 13.0 Å². The van der Waals surface area contributed by atoms with E-state index in [2.05, 4.69) is 10.6 Å². The quantitative estimate of drug-likeness (QED) is 0.627. The van der Waals surface area contributed by atoms with Gasteiger partial charge in [0.25, 0.3) is 5.69 Å². The summed E-state index contributed by atoms with van der Waals surface area (Å²) in [5, 5.41) is 16.1. The molecule has 0 spiro atoms. The van der Waals surface area contributed by atoms with Crippen molar-refractivity contribution in [3.8, 4) is 0 Å². The lowest BCUT2D eigenvalue weighted by Crippen LogP contribution is -2.30. The van der Waals surface area contributed by atoms with Crippen LogP contribution in [0.1, 0.15) is 18.5 Å². The van der Waals surface area contributed by atoms with E-state index in [4.69, 9.17) is 0 Å². The molecule has 0 saturated carbocycles. The predicted molar refractivity (Wildman–Crippen MR) is 84.5 cm³/mol. The molecule has 2 N–H and O–H groups in total. The fraction of sp³-hybridized carbons (Fsp3) is 0.188. The van der Waals surface area contributed by atoms with Crippen LogP contribution in [0, 0.1) is 21.7 Å². The van der Waals surface area contributed by atoms with Crippen LogP contribution in [0.25, 0.3) is 0 Å². The fourth-order valence-corrected chi connectivity index (χ4v) is 2.14. The molecular formula is C16H15F2N3O3. The van der Waals surface area contributed by atoms with Gasteiger partial charge >= 0.3 is 0 Å². The SMILES string of the molecule is C[C@H](NCC(=O)Nc1ccccc1[N+](=O)[O-])c1ccc(F)cc1F. The first-order valence-electron chi connectivity index (χ1n) is 7.10. The van der Waals surface area contributed by atoms with Crippen LogP contribution in [-0.2, 0) is 4.79 Å². The van der Waals surface area contributed by atoms with Crippen LogP contribution in [0.15, 0.2) is 42.5 Å². The average molecular weight is 335 g/mol. The van der Waals surface area contributed by atoms with E-state index in [1.807, 2.05) is 0 Å². The number of amides is 1. The molecule has 0 radical (unpaired) electrons. The van der Waals surface area contributed by atoms with Gasteiger partial charge in [-0.3, -0.25) is 14.9 Å². The lowest BCUT2D eigenvalue weighted by molar-refractivity contribution is -0.383. The van der Waals surface area contributed by atoms with Gasteiger partial charge in [-0.1, -0.05) is 18.2 Å². The van der Waals surface area contributed by atoms with Crippen molar-refractivity contribution in [2.75, 3.05) is 11.9 Å². The molecule has 0 bridgehead atoms. The first-order valence-corrected chi connectivity index (χ1v) is 7.10. The van der Waals surface area contributed by atoms with Gasteiger partial charge in [0.2, 0.25) is 5.91 Å². The molecule has 24 heavy (non-hydrogen) atoms. The van der Waals surface area contributed by atoms with Crippen molar-refractivity contribution in [1.82, 2.24) is 5.32 Å². The Bertz CT molecular complexity index is 768. The Hall–Kier alpha value is -2.87. The molecular weight excluding hydrogens is 320 g/mol. The average Bonchev–Trinajstić information content (AvgIpc) is 2.53. The zero-order valence-electron chi connectivity index (χ0n) is 12.8. The van der Waals surface area contributed by atoms with Gasteiger partial charge in [0.05, 0.1) is 11.5 Å². The third-order valence-electron chi connectivity index (χ3n) is 3.37. The minimum atomic E-state index is -0.714. The van der Waals surface area contributed by atoms with Crippen molar-refractivity contribution in [2.24, 2.45) is 0 Å². The molecule has 2 aromatic rings. The summed E-state index contributed by atoms with van der Waals surface area (Å²) in [6.07, 6.45) is 0. The normalized spacial score (nSPS) is 11.8. The molecule has 0 unspecified atom stereocenters. The third-order valence-corrected chi connectivity index (χ3v) is 3.37. The van der Waals surface area contributed by atoms with Crippen molar-refractivity contribution >= 4 is 17.3 Å². The Labute approximate surface area is 136 Å². The molecule has 0 aliphatic rings. The molecule has 2 aromatic carbocycles.